The number of allylic oxidation sites excluding steroid dienone is 1. The summed E-state index contributed by atoms with van der Waals surface area (Å²) in [6.07, 6.45) is 4.09. The zero-order valence-electron chi connectivity index (χ0n) is 26.9. The Balaban J connectivity index is 1.27. The number of amides is 4. The molecular weight excluding hydrogens is 600 g/mol. The highest BCUT2D eigenvalue weighted by atomic mass is 16.6. The average molecular weight is 651 g/mol. The third-order valence-corrected chi connectivity index (χ3v) is 6.12. The molecule has 1 aromatic carbocycles. The number of nitrogens with one attached hydrogen (secondary N) is 3. The quantitative estimate of drug-likeness (QED) is 0.114. The summed E-state index contributed by atoms with van der Waals surface area (Å²) in [7, 11) is 0. The van der Waals surface area contributed by atoms with E-state index in [1.54, 1.807) is 30.3 Å². The van der Waals surface area contributed by atoms with Crippen molar-refractivity contribution in [3.63, 3.8) is 0 Å². The van der Waals surface area contributed by atoms with Crippen molar-refractivity contribution >= 4 is 23.5 Å². The first-order valence-corrected chi connectivity index (χ1v) is 15.7. The second kappa shape index (κ2) is 25.8. The Morgan fingerprint density at radius 2 is 1.02 bits per heavy atom. The van der Waals surface area contributed by atoms with E-state index in [1.165, 1.54) is 11.0 Å². The number of rotatable bonds is 28. The van der Waals surface area contributed by atoms with Crippen molar-refractivity contribution in [1.82, 2.24) is 16.0 Å². The Morgan fingerprint density at radius 3 is 1.43 bits per heavy atom. The molecule has 0 aromatic heterocycles. The molecule has 0 unspecified atom stereocenters. The van der Waals surface area contributed by atoms with E-state index in [0.717, 1.165) is 13.0 Å². The van der Waals surface area contributed by atoms with Crippen molar-refractivity contribution in [2.75, 3.05) is 117 Å². The van der Waals surface area contributed by atoms with Crippen LogP contribution in [0.5, 0.6) is 0 Å². The van der Waals surface area contributed by atoms with E-state index in [-0.39, 0.29) is 17.8 Å². The molecule has 0 atom stereocenters. The van der Waals surface area contributed by atoms with E-state index in [9.17, 15) is 14.4 Å². The van der Waals surface area contributed by atoms with Crippen LogP contribution in [0, 0.1) is 0 Å². The number of ether oxygens (including phenoxy) is 7. The first-order valence-electron chi connectivity index (χ1n) is 15.7. The third kappa shape index (κ3) is 17.9. The van der Waals surface area contributed by atoms with Gasteiger partial charge in [-0.2, -0.15) is 0 Å². The van der Waals surface area contributed by atoms with Gasteiger partial charge >= 0.3 is 6.03 Å². The predicted molar refractivity (Wildman–Crippen MR) is 172 cm³/mol. The van der Waals surface area contributed by atoms with Gasteiger partial charge in [-0.15, -0.1) is 0 Å². The minimum atomic E-state index is -0.260. The van der Waals surface area contributed by atoms with Crippen molar-refractivity contribution in [2.45, 2.75) is 13.3 Å². The van der Waals surface area contributed by atoms with Crippen LogP contribution in [-0.2, 0) is 38.0 Å². The standard InChI is InChI=1S/C32H50N4O10/c1-3-13-40-17-18-42-15-11-34-32(39)35-12-16-43-20-22-45-24-26-46-25-23-44-21-19-41-14-10-33-31(38)28-5-7-29(8-6-28)36-27(2)4-9-30(36)37/h4-9H,2-3,10-26H2,1H3,(H,33,38)(H2,34,35,39). The van der Waals surface area contributed by atoms with Gasteiger partial charge in [0.05, 0.1) is 85.9 Å². The molecule has 0 saturated carbocycles. The summed E-state index contributed by atoms with van der Waals surface area (Å²) < 4.78 is 37.9. The molecule has 14 heteroatoms. The van der Waals surface area contributed by atoms with Gasteiger partial charge in [-0.3, -0.25) is 14.5 Å². The maximum absolute atomic E-state index is 12.3. The number of hydrogen-bond acceptors (Lipinski definition) is 10. The molecule has 1 heterocycles. The number of hydrogen-bond donors (Lipinski definition) is 3. The molecule has 0 saturated heterocycles. The molecule has 0 aliphatic carbocycles. The number of nitrogens with zero attached hydrogens (tertiary/aromatic N) is 1. The van der Waals surface area contributed by atoms with Crippen LogP contribution in [0.25, 0.3) is 0 Å². The second-order valence-corrected chi connectivity index (χ2v) is 9.77. The van der Waals surface area contributed by atoms with Crippen LogP contribution in [0.3, 0.4) is 0 Å². The molecule has 4 amide bonds. The largest absolute Gasteiger partial charge is 0.379 e. The zero-order valence-corrected chi connectivity index (χ0v) is 26.9. The number of anilines is 1. The molecule has 1 aliphatic rings. The fourth-order valence-electron chi connectivity index (χ4n) is 3.84. The summed E-state index contributed by atoms with van der Waals surface area (Å²) in [5.41, 5.74) is 1.74. The molecule has 0 radical (unpaired) electrons. The average Bonchev–Trinajstić information content (AvgIpc) is 3.40. The highest BCUT2D eigenvalue weighted by Crippen LogP contribution is 2.24. The Hall–Kier alpha value is -3.37. The zero-order chi connectivity index (χ0) is 33.1. The normalized spacial score (nSPS) is 12.6. The summed E-state index contributed by atoms with van der Waals surface area (Å²) in [6, 6.07) is 6.49. The first-order chi connectivity index (χ1) is 22.5. The van der Waals surface area contributed by atoms with Gasteiger partial charge in [0.15, 0.2) is 0 Å². The molecule has 258 valence electrons. The van der Waals surface area contributed by atoms with Crippen molar-refractivity contribution in [3.05, 3.63) is 54.3 Å². The summed E-state index contributed by atoms with van der Waals surface area (Å²) >= 11 is 0. The molecule has 2 rings (SSSR count). The van der Waals surface area contributed by atoms with Crippen LogP contribution < -0.4 is 20.9 Å². The van der Waals surface area contributed by atoms with Gasteiger partial charge in [-0.05, 0) is 36.8 Å². The third-order valence-electron chi connectivity index (χ3n) is 6.12. The molecule has 3 N–H and O–H groups in total. The van der Waals surface area contributed by atoms with E-state index < -0.39 is 0 Å². The molecule has 0 fully saturated rings. The lowest BCUT2D eigenvalue weighted by molar-refractivity contribution is -0.113. The van der Waals surface area contributed by atoms with Gasteiger partial charge in [0.25, 0.3) is 11.8 Å². The highest BCUT2D eigenvalue weighted by molar-refractivity contribution is 6.08. The fourth-order valence-corrected chi connectivity index (χ4v) is 3.84. The van der Waals surface area contributed by atoms with Crippen LogP contribution in [-0.4, -0.2) is 130 Å². The number of benzene rings is 1. The van der Waals surface area contributed by atoms with E-state index in [1.807, 2.05) is 0 Å². The Labute approximate surface area is 271 Å². The van der Waals surface area contributed by atoms with Crippen LogP contribution in [0.15, 0.2) is 48.7 Å². The second-order valence-electron chi connectivity index (χ2n) is 9.77. The van der Waals surface area contributed by atoms with E-state index in [2.05, 4.69) is 29.5 Å². The molecule has 46 heavy (non-hydrogen) atoms. The van der Waals surface area contributed by atoms with Crippen LogP contribution in [0.4, 0.5) is 10.5 Å². The van der Waals surface area contributed by atoms with Crippen LogP contribution >= 0.6 is 0 Å². The molecule has 1 aliphatic heterocycles. The van der Waals surface area contributed by atoms with Crippen molar-refractivity contribution in [1.29, 1.82) is 0 Å². The molecule has 0 spiro atoms. The molecular formula is C32H50N4O10. The maximum atomic E-state index is 12.3. The summed E-state index contributed by atoms with van der Waals surface area (Å²) in [5.74, 6) is -0.381. The number of urea groups is 1. The fraction of sp³-hybridized carbons (Fsp3) is 0.594. The van der Waals surface area contributed by atoms with E-state index in [4.69, 9.17) is 33.2 Å². The summed E-state index contributed by atoms with van der Waals surface area (Å²) in [6.45, 7) is 13.5. The van der Waals surface area contributed by atoms with Gasteiger partial charge in [0.1, 0.15) is 0 Å². The monoisotopic (exact) mass is 650 g/mol. The smallest absolute Gasteiger partial charge is 0.314 e. The minimum Gasteiger partial charge on any atom is -0.379 e. The number of carbonyl (C=O) groups excluding carboxylic acids is 3. The van der Waals surface area contributed by atoms with Gasteiger partial charge in [-0.25, -0.2) is 4.79 Å². The Bertz CT molecular complexity index is 1020. The highest BCUT2D eigenvalue weighted by Gasteiger charge is 2.20. The number of carbonyl (C=O) groups is 3. The van der Waals surface area contributed by atoms with Gasteiger partial charge in [-0.1, -0.05) is 13.5 Å². The molecule has 1 aromatic rings. The van der Waals surface area contributed by atoms with Crippen LogP contribution in [0.1, 0.15) is 23.7 Å². The van der Waals surface area contributed by atoms with Gasteiger partial charge in [0, 0.05) is 49.3 Å². The van der Waals surface area contributed by atoms with Crippen molar-refractivity contribution in [2.24, 2.45) is 0 Å². The Kier molecular flexibility index (Phi) is 21.8. The molecule has 14 nitrogen and oxygen atoms in total. The van der Waals surface area contributed by atoms with Crippen molar-refractivity contribution < 1.29 is 47.5 Å². The minimum absolute atomic E-state index is 0.160. The summed E-state index contributed by atoms with van der Waals surface area (Å²) in [5, 5.41) is 8.22. The lowest BCUT2D eigenvalue weighted by Crippen LogP contribution is -2.39. The van der Waals surface area contributed by atoms with Crippen molar-refractivity contribution in [3.8, 4) is 0 Å². The van der Waals surface area contributed by atoms with Gasteiger partial charge in [0.2, 0.25) is 0 Å². The van der Waals surface area contributed by atoms with Crippen LogP contribution in [0.2, 0.25) is 0 Å². The lowest BCUT2D eigenvalue weighted by Gasteiger charge is -2.17. The van der Waals surface area contributed by atoms with E-state index in [0.29, 0.717) is 122 Å². The lowest BCUT2D eigenvalue weighted by atomic mass is 10.2. The predicted octanol–water partition coefficient (Wildman–Crippen LogP) is 1.66. The first kappa shape index (κ1) is 38.8. The molecule has 0 bridgehead atoms. The van der Waals surface area contributed by atoms with E-state index >= 15 is 0 Å². The topological polar surface area (TPSA) is 155 Å². The Morgan fingerprint density at radius 1 is 0.609 bits per heavy atom. The summed E-state index contributed by atoms with van der Waals surface area (Å²) in [4.78, 5) is 37.4. The SMILES string of the molecule is C=C1C=CC(=O)N1c1ccc(C(=O)NCCOCCOCCOCCOCCOCCNC(=O)NCCOCCOCCC)cc1. The van der Waals surface area contributed by atoms with Gasteiger partial charge < -0.3 is 49.1 Å². The maximum Gasteiger partial charge on any atom is 0.314 e.